The van der Waals surface area contributed by atoms with Crippen LogP contribution in [0.3, 0.4) is 0 Å². The second-order valence-corrected chi connectivity index (χ2v) is 30.8. The first-order valence-corrected chi connectivity index (χ1v) is 39.1. The lowest BCUT2D eigenvalue weighted by molar-refractivity contribution is 0.438. The molecule has 2 aliphatic carbocycles. The molecule has 22 aromatic rings. The Morgan fingerprint density at radius 2 is 0.366 bits per heavy atom. The van der Waals surface area contributed by atoms with Crippen LogP contribution in [0.2, 0.25) is 0 Å². The van der Waals surface area contributed by atoms with Gasteiger partial charge in [-0.1, -0.05) is 352 Å². The van der Waals surface area contributed by atoms with Crippen LogP contribution in [0, 0.1) is 0 Å². The fourth-order valence-electron chi connectivity index (χ4n) is 20.9. The quantitative estimate of drug-likeness (QED) is 0.133. The van der Waals surface area contributed by atoms with Gasteiger partial charge in [0, 0.05) is 33.5 Å². The molecule has 0 saturated carbocycles. The van der Waals surface area contributed by atoms with E-state index in [1.54, 1.807) is 0 Å². The molecule has 518 valence electrons. The first-order chi connectivity index (χ1) is 55.5. The highest BCUT2D eigenvalue weighted by Gasteiger charge is 2.65. The molecular weight excluding hydrogens is 1350 g/mol. The minimum Gasteiger partial charge on any atom is -0.310 e. The fraction of sp³-hybridized carbons (Fsp3) is 0.0182. The molecule has 2 atom stereocenters. The predicted molar refractivity (Wildman–Crippen MR) is 476 cm³/mol. The zero-order valence-corrected chi connectivity index (χ0v) is 61.2. The molecule has 2 heteroatoms. The Labute approximate surface area is 647 Å². The van der Waals surface area contributed by atoms with Crippen molar-refractivity contribution in [3.05, 3.63) is 446 Å². The Bertz CT molecular complexity index is 7090. The Hall–Kier alpha value is -14.4. The van der Waals surface area contributed by atoms with Gasteiger partial charge in [0.2, 0.25) is 0 Å². The van der Waals surface area contributed by atoms with E-state index in [1.165, 1.54) is 174 Å². The van der Waals surface area contributed by atoms with E-state index in [1.807, 2.05) is 0 Å². The van der Waals surface area contributed by atoms with Crippen molar-refractivity contribution in [2.75, 3.05) is 9.80 Å². The molecule has 0 spiro atoms. The van der Waals surface area contributed by atoms with E-state index in [4.69, 9.17) is 0 Å². The van der Waals surface area contributed by atoms with Crippen molar-refractivity contribution in [3.63, 3.8) is 0 Å². The summed E-state index contributed by atoms with van der Waals surface area (Å²) in [6.07, 6.45) is 0. The highest BCUT2D eigenvalue weighted by Crippen LogP contribution is 2.73. The van der Waals surface area contributed by atoms with Crippen LogP contribution >= 0.6 is 0 Å². The van der Waals surface area contributed by atoms with Gasteiger partial charge in [0.1, 0.15) is 0 Å². The predicted octanol–water partition coefficient (Wildman–Crippen LogP) is 29.8. The third-order valence-corrected chi connectivity index (χ3v) is 25.4. The summed E-state index contributed by atoms with van der Waals surface area (Å²) in [6.45, 7) is 0. The molecule has 0 radical (unpaired) electrons. The maximum Gasteiger partial charge on any atom is 0.0642 e. The molecule has 24 rings (SSSR count). The zero-order valence-electron chi connectivity index (χ0n) is 61.2. The number of fused-ring (bicyclic) bond motifs is 26. The average molecular weight is 1420 g/mol. The molecule has 0 saturated heterocycles. The lowest BCUT2D eigenvalue weighted by Crippen LogP contribution is -2.50. The molecule has 0 aliphatic heterocycles. The summed E-state index contributed by atoms with van der Waals surface area (Å²) >= 11 is 0. The smallest absolute Gasteiger partial charge is 0.0642 e. The molecule has 112 heavy (non-hydrogen) atoms. The van der Waals surface area contributed by atoms with Crippen LogP contribution in [-0.2, 0) is 10.8 Å². The molecule has 0 fully saturated rings. The van der Waals surface area contributed by atoms with E-state index in [2.05, 4.69) is 422 Å². The third kappa shape index (κ3) is 8.75. The summed E-state index contributed by atoms with van der Waals surface area (Å²) in [5.74, 6) is 0. The molecule has 0 amide bonds. The second kappa shape index (κ2) is 24.0. The largest absolute Gasteiger partial charge is 0.310 e. The van der Waals surface area contributed by atoms with Gasteiger partial charge in [0.25, 0.3) is 0 Å². The summed E-state index contributed by atoms with van der Waals surface area (Å²) in [6, 6.07) is 158. The van der Waals surface area contributed by atoms with Crippen LogP contribution in [0.25, 0.3) is 152 Å². The Balaban J connectivity index is 0.880. The Kier molecular flexibility index (Phi) is 13.4. The molecule has 22 aromatic carbocycles. The fourth-order valence-corrected chi connectivity index (χ4v) is 20.9. The van der Waals surface area contributed by atoms with Crippen LogP contribution in [0.4, 0.5) is 34.1 Å². The highest BCUT2D eigenvalue weighted by molar-refractivity contribution is 6.22. The summed E-state index contributed by atoms with van der Waals surface area (Å²) in [4.78, 5) is 5.20. The third-order valence-electron chi connectivity index (χ3n) is 25.4. The molecule has 0 N–H and O–H groups in total. The van der Waals surface area contributed by atoms with Gasteiger partial charge in [-0.15, -0.1) is 0 Å². The average Bonchev–Trinajstić information content (AvgIpc) is 1.46. The molecule has 0 heterocycles. The maximum atomic E-state index is 2.68. The standard InChI is InChI=1S/C110H68N2/c1-3-29-79(30-4-1)109(99-61-51-73-27-11-17-37-93(73)105(99)107-97-41-21-19-39-95(97)103(67-101(107)109)111(81-53-57-89-75(63-81)47-43-69-23-7-13-33-85(69)89)82-54-58-90-76(64-82)48-44-70-24-8-14-34-86(70)90)110(80-31-5-2-6-32-80)100-62-52-74-28-12-18-38-94(74)106(100)108-98-42-22-20-40-96(98)104(68-102(108)110)112(83-55-59-91-77(65-83)49-45-71-25-9-15-35-87(71)91)84-56-60-92-78(66-84)50-46-72-26-10-16-36-88(72)92/h1-68H. The number of benzene rings is 22. The van der Waals surface area contributed by atoms with Crippen molar-refractivity contribution >= 4 is 163 Å². The van der Waals surface area contributed by atoms with E-state index < -0.39 is 10.8 Å². The van der Waals surface area contributed by atoms with Gasteiger partial charge < -0.3 is 9.80 Å². The van der Waals surface area contributed by atoms with E-state index in [-0.39, 0.29) is 0 Å². The topological polar surface area (TPSA) is 6.48 Å². The number of hydrogen-bond acceptors (Lipinski definition) is 2. The lowest BCUT2D eigenvalue weighted by Gasteiger charge is -2.51. The van der Waals surface area contributed by atoms with Gasteiger partial charge in [-0.2, -0.15) is 0 Å². The van der Waals surface area contributed by atoms with Gasteiger partial charge in [-0.3, -0.25) is 0 Å². The van der Waals surface area contributed by atoms with Crippen LogP contribution in [0.5, 0.6) is 0 Å². The maximum absolute atomic E-state index is 2.68. The second-order valence-electron chi connectivity index (χ2n) is 30.8. The first-order valence-electron chi connectivity index (χ1n) is 39.1. The van der Waals surface area contributed by atoms with Gasteiger partial charge in [-0.25, -0.2) is 0 Å². The lowest BCUT2D eigenvalue weighted by atomic mass is 9.49. The molecular formula is C110H68N2. The van der Waals surface area contributed by atoms with Gasteiger partial charge in [0.05, 0.1) is 22.2 Å². The minimum absolute atomic E-state index is 1.07. The monoisotopic (exact) mass is 1420 g/mol. The number of anilines is 6. The molecule has 0 aromatic heterocycles. The number of hydrogen-bond donors (Lipinski definition) is 0. The summed E-state index contributed by atoms with van der Waals surface area (Å²) in [5.41, 5.74) is 16.6. The van der Waals surface area contributed by atoms with Crippen molar-refractivity contribution < 1.29 is 0 Å². The van der Waals surface area contributed by atoms with E-state index in [0.29, 0.717) is 0 Å². The van der Waals surface area contributed by atoms with Gasteiger partial charge in [-0.05, 0) is 235 Å². The molecule has 2 nitrogen and oxygen atoms in total. The first kappa shape index (κ1) is 62.6. The van der Waals surface area contributed by atoms with E-state index in [0.717, 1.165) is 44.9 Å². The summed E-state index contributed by atoms with van der Waals surface area (Å²) < 4.78 is 0. The number of nitrogens with zero attached hydrogens (tertiary/aromatic N) is 2. The molecule has 2 unspecified atom stereocenters. The Morgan fingerprint density at radius 3 is 0.679 bits per heavy atom. The van der Waals surface area contributed by atoms with E-state index >= 15 is 0 Å². The van der Waals surface area contributed by atoms with Crippen molar-refractivity contribution in [3.8, 4) is 22.3 Å². The summed E-state index contributed by atoms with van der Waals surface area (Å²) in [7, 11) is 0. The highest BCUT2D eigenvalue weighted by atomic mass is 15.2. The normalized spacial score (nSPS) is 15.0. The van der Waals surface area contributed by atoms with Crippen LogP contribution in [0.15, 0.2) is 413 Å². The van der Waals surface area contributed by atoms with Crippen LogP contribution in [-0.4, -0.2) is 0 Å². The van der Waals surface area contributed by atoms with Crippen molar-refractivity contribution in [2.45, 2.75) is 10.8 Å². The SMILES string of the molecule is c1ccc(C2(C3(c4ccccc4)c4ccc5ccccc5c4-c4c3cc(N(c3ccc5c(ccc6ccccc65)c3)c3ccc5c(ccc6ccccc65)c3)c3ccccc43)c3ccc4ccccc4c3-c3c2cc(N(c2ccc4c(ccc5ccccc54)c2)c2ccc4c(ccc5ccccc54)c2)c2ccccc32)cc1. The van der Waals surface area contributed by atoms with Crippen molar-refractivity contribution in [1.29, 1.82) is 0 Å². The van der Waals surface area contributed by atoms with E-state index in [9.17, 15) is 0 Å². The van der Waals surface area contributed by atoms with Crippen LogP contribution < -0.4 is 9.80 Å². The Morgan fingerprint density at radius 1 is 0.143 bits per heavy atom. The molecule has 0 bridgehead atoms. The zero-order chi connectivity index (χ0) is 73.3. The minimum atomic E-state index is -1.08. The van der Waals surface area contributed by atoms with Crippen molar-refractivity contribution in [1.82, 2.24) is 0 Å². The van der Waals surface area contributed by atoms with Crippen molar-refractivity contribution in [2.24, 2.45) is 0 Å². The summed E-state index contributed by atoms with van der Waals surface area (Å²) in [5, 5.41) is 29.0. The molecule has 2 aliphatic rings. The number of rotatable bonds is 9. The van der Waals surface area contributed by atoms with Gasteiger partial charge in [0.15, 0.2) is 0 Å². The van der Waals surface area contributed by atoms with Crippen LogP contribution in [0.1, 0.15) is 33.4 Å². The van der Waals surface area contributed by atoms with Gasteiger partial charge >= 0.3 is 0 Å².